The van der Waals surface area contributed by atoms with E-state index in [1.54, 1.807) is 18.2 Å². The van der Waals surface area contributed by atoms with Gasteiger partial charge in [-0.05, 0) is 18.2 Å². The number of Topliss-reactive ketones (excluding diaryl/α,β-unsaturated/α-hetero) is 1. The normalized spacial score (nSPS) is 14.2. The van der Waals surface area contributed by atoms with Crippen LogP contribution in [0.15, 0.2) is 18.2 Å². The van der Waals surface area contributed by atoms with Crippen molar-refractivity contribution in [3.8, 4) is 6.07 Å². The number of ketones is 1. The van der Waals surface area contributed by atoms with E-state index < -0.39 is 0 Å². The summed E-state index contributed by atoms with van der Waals surface area (Å²) in [4.78, 5) is 11.4. The Morgan fingerprint density at radius 2 is 2.31 bits per heavy atom. The Morgan fingerprint density at radius 3 is 3.08 bits per heavy atom. The number of nitrogens with zero attached hydrogens (tertiary/aromatic N) is 1. The van der Waals surface area contributed by atoms with Gasteiger partial charge < -0.3 is 5.32 Å². The van der Waals surface area contributed by atoms with E-state index in [4.69, 9.17) is 5.26 Å². The molecule has 1 aromatic rings. The summed E-state index contributed by atoms with van der Waals surface area (Å²) in [5.41, 5.74) is 2.02. The maximum absolute atomic E-state index is 11.4. The molecule has 0 saturated heterocycles. The van der Waals surface area contributed by atoms with Gasteiger partial charge in [-0.15, -0.1) is 0 Å². The minimum absolute atomic E-state index is 0.117. The van der Waals surface area contributed by atoms with Crippen LogP contribution in [0.2, 0.25) is 0 Å². The van der Waals surface area contributed by atoms with Crippen molar-refractivity contribution in [1.29, 1.82) is 5.26 Å². The lowest BCUT2D eigenvalue weighted by Crippen LogP contribution is -2.17. The Morgan fingerprint density at radius 1 is 1.46 bits per heavy atom. The highest BCUT2D eigenvalue weighted by molar-refractivity contribution is 6.03. The molecule has 1 aliphatic heterocycles. The van der Waals surface area contributed by atoms with Gasteiger partial charge in [-0.1, -0.05) is 0 Å². The number of nitrogens with one attached hydrogen (secondary N) is 1. The maximum Gasteiger partial charge on any atom is 0.166 e. The van der Waals surface area contributed by atoms with Gasteiger partial charge in [0.1, 0.15) is 0 Å². The predicted octanol–water partition coefficient (Wildman–Crippen LogP) is 1.56. The number of anilines is 1. The van der Waals surface area contributed by atoms with Crippen LogP contribution < -0.4 is 5.32 Å². The van der Waals surface area contributed by atoms with Crippen LogP contribution in [0, 0.1) is 11.3 Å². The standard InChI is InChI=1S/C10H8N2O/c11-6-7-1-2-9-8(5-7)10(13)3-4-12-9/h1-2,5,12H,3-4H2. The third-order valence-electron chi connectivity index (χ3n) is 2.12. The number of benzene rings is 1. The largest absolute Gasteiger partial charge is 0.384 e. The second kappa shape index (κ2) is 2.91. The average molecular weight is 172 g/mol. The van der Waals surface area contributed by atoms with Gasteiger partial charge in [-0.3, -0.25) is 4.79 Å². The van der Waals surface area contributed by atoms with Gasteiger partial charge >= 0.3 is 0 Å². The smallest absolute Gasteiger partial charge is 0.166 e. The second-order valence-corrected chi connectivity index (χ2v) is 2.97. The molecule has 0 unspecified atom stereocenters. The highest BCUT2D eigenvalue weighted by Gasteiger charge is 2.16. The Bertz CT molecular complexity index is 404. The molecule has 3 nitrogen and oxygen atoms in total. The van der Waals surface area contributed by atoms with Crippen molar-refractivity contribution >= 4 is 11.5 Å². The summed E-state index contributed by atoms with van der Waals surface area (Å²) in [6, 6.07) is 7.16. The lowest BCUT2D eigenvalue weighted by atomic mass is 10.00. The molecule has 0 atom stereocenters. The first-order valence-electron chi connectivity index (χ1n) is 4.12. The molecule has 1 heterocycles. The van der Waals surface area contributed by atoms with Crippen LogP contribution in [0.4, 0.5) is 5.69 Å². The van der Waals surface area contributed by atoms with Crippen molar-refractivity contribution in [3.63, 3.8) is 0 Å². The van der Waals surface area contributed by atoms with E-state index in [1.165, 1.54) is 0 Å². The Hall–Kier alpha value is -1.82. The molecule has 1 aromatic carbocycles. The molecular formula is C10H8N2O. The van der Waals surface area contributed by atoms with Crippen LogP contribution in [0.5, 0.6) is 0 Å². The van der Waals surface area contributed by atoms with Crippen molar-refractivity contribution < 1.29 is 4.79 Å². The second-order valence-electron chi connectivity index (χ2n) is 2.97. The molecule has 0 bridgehead atoms. The number of nitriles is 1. The van der Waals surface area contributed by atoms with Gasteiger partial charge in [0.05, 0.1) is 11.6 Å². The summed E-state index contributed by atoms with van der Waals surface area (Å²) in [7, 11) is 0. The first kappa shape index (κ1) is 7.81. The predicted molar refractivity (Wildman–Crippen MR) is 48.6 cm³/mol. The number of hydrogen-bond donors (Lipinski definition) is 1. The molecular weight excluding hydrogens is 164 g/mol. The van der Waals surface area contributed by atoms with Gasteiger partial charge in [-0.2, -0.15) is 5.26 Å². The van der Waals surface area contributed by atoms with Crippen LogP contribution >= 0.6 is 0 Å². The quantitative estimate of drug-likeness (QED) is 0.646. The Kier molecular flexibility index (Phi) is 1.75. The molecule has 0 fully saturated rings. The number of carbonyl (C=O) groups excluding carboxylic acids is 1. The average Bonchev–Trinajstić information content (AvgIpc) is 2.18. The summed E-state index contributed by atoms with van der Waals surface area (Å²) in [5.74, 6) is 0.117. The SMILES string of the molecule is N#Cc1ccc2c(c1)C(=O)CCN2. The molecule has 3 heteroatoms. The summed E-state index contributed by atoms with van der Waals surface area (Å²) in [6.45, 7) is 0.692. The van der Waals surface area contributed by atoms with Gasteiger partial charge in [0.25, 0.3) is 0 Å². The molecule has 0 radical (unpaired) electrons. The van der Waals surface area contributed by atoms with E-state index in [1.807, 2.05) is 6.07 Å². The molecule has 1 N–H and O–H groups in total. The third-order valence-corrected chi connectivity index (χ3v) is 2.12. The zero-order chi connectivity index (χ0) is 9.26. The maximum atomic E-state index is 11.4. The third kappa shape index (κ3) is 1.27. The molecule has 0 aliphatic carbocycles. The van der Waals surface area contributed by atoms with E-state index in [2.05, 4.69) is 5.32 Å². The molecule has 0 amide bonds. The highest BCUT2D eigenvalue weighted by Crippen LogP contribution is 2.22. The molecule has 2 rings (SSSR count). The number of rotatable bonds is 0. The monoisotopic (exact) mass is 172 g/mol. The number of carbonyl (C=O) groups is 1. The van der Waals surface area contributed by atoms with Crippen molar-refractivity contribution in [2.24, 2.45) is 0 Å². The fraction of sp³-hybridized carbons (Fsp3) is 0.200. The molecule has 64 valence electrons. The van der Waals surface area contributed by atoms with Gasteiger partial charge in [0, 0.05) is 24.2 Å². The van der Waals surface area contributed by atoms with Gasteiger partial charge in [0.2, 0.25) is 0 Å². The lowest BCUT2D eigenvalue weighted by molar-refractivity contribution is 0.0983. The highest BCUT2D eigenvalue weighted by atomic mass is 16.1. The molecule has 0 spiro atoms. The topological polar surface area (TPSA) is 52.9 Å². The Balaban J connectivity index is 2.55. The van der Waals surface area contributed by atoms with E-state index in [0.29, 0.717) is 24.1 Å². The zero-order valence-corrected chi connectivity index (χ0v) is 7.00. The molecule has 0 aromatic heterocycles. The fourth-order valence-corrected chi connectivity index (χ4v) is 1.44. The first-order chi connectivity index (χ1) is 6.31. The van der Waals surface area contributed by atoms with E-state index >= 15 is 0 Å². The van der Waals surface area contributed by atoms with Crippen molar-refractivity contribution in [2.45, 2.75) is 6.42 Å². The lowest BCUT2D eigenvalue weighted by Gasteiger charge is -2.16. The van der Waals surface area contributed by atoms with Crippen LogP contribution in [-0.2, 0) is 0 Å². The summed E-state index contributed by atoms with van der Waals surface area (Å²) >= 11 is 0. The van der Waals surface area contributed by atoms with E-state index in [0.717, 1.165) is 5.69 Å². The molecule has 13 heavy (non-hydrogen) atoms. The number of hydrogen-bond acceptors (Lipinski definition) is 3. The minimum Gasteiger partial charge on any atom is -0.384 e. The summed E-state index contributed by atoms with van der Waals surface area (Å²) in [5, 5.41) is 11.8. The zero-order valence-electron chi connectivity index (χ0n) is 7.00. The van der Waals surface area contributed by atoms with Crippen LogP contribution in [0.3, 0.4) is 0 Å². The van der Waals surface area contributed by atoms with Crippen LogP contribution in [0.1, 0.15) is 22.3 Å². The van der Waals surface area contributed by atoms with E-state index in [-0.39, 0.29) is 5.78 Å². The van der Waals surface area contributed by atoms with Crippen LogP contribution in [0.25, 0.3) is 0 Å². The van der Waals surface area contributed by atoms with Crippen molar-refractivity contribution in [3.05, 3.63) is 29.3 Å². The minimum atomic E-state index is 0.117. The molecule has 1 aliphatic rings. The van der Waals surface area contributed by atoms with Gasteiger partial charge in [-0.25, -0.2) is 0 Å². The van der Waals surface area contributed by atoms with Crippen LogP contribution in [-0.4, -0.2) is 12.3 Å². The fourth-order valence-electron chi connectivity index (χ4n) is 1.44. The Labute approximate surface area is 76.0 Å². The van der Waals surface area contributed by atoms with Crippen molar-refractivity contribution in [1.82, 2.24) is 0 Å². The van der Waals surface area contributed by atoms with Gasteiger partial charge in [0.15, 0.2) is 5.78 Å². The summed E-state index contributed by atoms with van der Waals surface area (Å²) in [6.07, 6.45) is 0.516. The van der Waals surface area contributed by atoms with E-state index in [9.17, 15) is 4.79 Å². The number of fused-ring (bicyclic) bond motifs is 1. The van der Waals surface area contributed by atoms with Crippen molar-refractivity contribution in [2.75, 3.05) is 11.9 Å². The summed E-state index contributed by atoms with van der Waals surface area (Å²) < 4.78 is 0. The molecule has 0 saturated carbocycles. The first-order valence-corrected chi connectivity index (χ1v) is 4.12.